The van der Waals surface area contributed by atoms with E-state index in [1.54, 1.807) is 14.7 Å². The molecule has 0 aliphatic heterocycles. The van der Waals surface area contributed by atoms with Gasteiger partial charge in [0.1, 0.15) is 0 Å². The van der Waals surface area contributed by atoms with E-state index in [-0.39, 0.29) is 0 Å². The number of hydrogen-bond donors (Lipinski definition) is 0. The highest BCUT2D eigenvalue weighted by molar-refractivity contribution is 8.03. The Labute approximate surface area is 259 Å². The molecule has 0 heterocycles. The number of unbranched alkanes of at least 4 members (excludes halogenated alkanes) is 21. The van der Waals surface area contributed by atoms with Crippen LogP contribution in [0.15, 0.2) is 32.9 Å². The quantitative estimate of drug-likeness (QED) is 0.0642. The van der Waals surface area contributed by atoms with Gasteiger partial charge in [-0.1, -0.05) is 162 Å². The van der Waals surface area contributed by atoms with Crippen molar-refractivity contribution in [3.8, 4) is 0 Å². The molecule has 0 saturated heterocycles. The molecule has 1 aromatic rings. The summed E-state index contributed by atoms with van der Waals surface area (Å²) in [4.78, 5) is 4.72. The molecule has 0 saturated carbocycles. The van der Waals surface area contributed by atoms with Crippen LogP contribution in [0, 0.1) is 0 Å². The van der Waals surface area contributed by atoms with E-state index in [9.17, 15) is 0 Å². The van der Waals surface area contributed by atoms with Crippen LogP contribution in [0.4, 0.5) is 0 Å². The first-order valence-electron chi connectivity index (χ1n) is 17.3. The standard InChI is InChI=1S/C36H66S3/c1-4-7-10-13-16-19-22-25-31-37-34-29-28-30-35(38-32-26-23-20-17-14-11-8-5-2)36(34)39-33-27-24-21-18-15-12-9-6-3/h28-30H,4-27,31-33H2,1-3H3. The molecule has 0 unspecified atom stereocenters. The van der Waals surface area contributed by atoms with Gasteiger partial charge in [0.15, 0.2) is 0 Å². The van der Waals surface area contributed by atoms with Crippen LogP contribution in [0.3, 0.4) is 0 Å². The van der Waals surface area contributed by atoms with Gasteiger partial charge in [-0.15, -0.1) is 35.3 Å². The highest BCUT2D eigenvalue weighted by atomic mass is 32.2. The van der Waals surface area contributed by atoms with Crippen molar-refractivity contribution in [3.05, 3.63) is 18.2 Å². The van der Waals surface area contributed by atoms with Crippen LogP contribution >= 0.6 is 35.3 Å². The molecular weight excluding hydrogens is 529 g/mol. The van der Waals surface area contributed by atoms with E-state index in [2.05, 4.69) is 74.3 Å². The molecule has 39 heavy (non-hydrogen) atoms. The summed E-state index contributed by atoms with van der Waals surface area (Å²) in [5.41, 5.74) is 0. The minimum Gasteiger partial charge on any atom is -0.125 e. The van der Waals surface area contributed by atoms with Gasteiger partial charge in [0.05, 0.1) is 0 Å². The van der Waals surface area contributed by atoms with Gasteiger partial charge in [-0.05, 0) is 48.7 Å². The third-order valence-electron chi connectivity index (χ3n) is 7.70. The van der Waals surface area contributed by atoms with Gasteiger partial charge in [-0.3, -0.25) is 0 Å². The molecule has 0 aliphatic rings. The Bertz CT molecular complexity index is 589. The fourth-order valence-electron chi connectivity index (χ4n) is 5.11. The van der Waals surface area contributed by atoms with Crippen molar-refractivity contribution in [1.82, 2.24) is 0 Å². The fraction of sp³-hybridized carbons (Fsp3) is 0.833. The lowest BCUT2D eigenvalue weighted by Gasteiger charge is -2.14. The predicted octanol–water partition coefficient (Wildman–Crippen LogP) is 14.4. The van der Waals surface area contributed by atoms with Gasteiger partial charge >= 0.3 is 0 Å². The Morgan fingerprint density at radius 3 is 0.974 bits per heavy atom. The van der Waals surface area contributed by atoms with E-state index < -0.39 is 0 Å². The van der Waals surface area contributed by atoms with Gasteiger partial charge in [-0.2, -0.15) is 0 Å². The molecule has 0 N–H and O–H groups in total. The van der Waals surface area contributed by atoms with Crippen molar-refractivity contribution < 1.29 is 0 Å². The maximum absolute atomic E-state index is 2.41. The first-order valence-corrected chi connectivity index (χ1v) is 20.3. The molecule has 0 bridgehead atoms. The molecule has 0 aromatic heterocycles. The van der Waals surface area contributed by atoms with Crippen molar-refractivity contribution in [2.45, 2.75) is 190 Å². The number of rotatable bonds is 30. The lowest BCUT2D eigenvalue weighted by atomic mass is 10.1. The zero-order valence-corrected chi connectivity index (χ0v) is 29.0. The molecule has 0 fully saturated rings. The minimum atomic E-state index is 1.28. The number of benzene rings is 1. The first-order chi connectivity index (χ1) is 19.3. The average Bonchev–Trinajstić information content (AvgIpc) is 2.95. The van der Waals surface area contributed by atoms with Crippen LogP contribution in [-0.4, -0.2) is 17.3 Å². The molecule has 0 amide bonds. The lowest BCUT2D eigenvalue weighted by Crippen LogP contribution is -1.91. The van der Waals surface area contributed by atoms with Gasteiger partial charge < -0.3 is 0 Å². The Kier molecular flexibility index (Phi) is 28.5. The van der Waals surface area contributed by atoms with E-state index in [4.69, 9.17) is 0 Å². The van der Waals surface area contributed by atoms with Crippen molar-refractivity contribution in [2.75, 3.05) is 17.3 Å². The Morgan fingerprint density at radius 2 is 0.641 bits per heavy atom. The zero-order chi connectivity index (χ0) is 28.1. The summed E-state index contributed by atoms with van der Waals surface area (Å²) < 4.78 is 0. The maximum Gasteiger partial charge on any atom is 0.0344 e. The second-order valence-electron chi connectivity index (χ2n) is 11.6. The van der Waals surface area contributed by atoms with Crippen LogP contribution in [0.25, 0.3) is 0 Å². The SMILES string of the molecule is CCCCCCCCCCSc1cccc(SCCCCCCCCCC)c1SCCCCCCCCCC. The zero-order valence-electron chi connectivity index (χ0n) is 26.5. The van der Waals surface area contributed by atoms with Crippen LogP contribution in [0.1, 0.15) is 175 Å². The highest BCUT2D eigenvalue weighted by Gasteiger charge is 2.11. The predicted molar refractivity (Wildman–Crippen MR) is 186 cm³/mol. The average molecular weight is 595 g/mol. The summed E-state index contributed by atoms with van der Waals surface area (Å²) in [5.74, 6) is 3.86. The van der Waals surface area contributed by atoms with Crippen LogP contribution in [0.2, 0.25) is 0 Å². The summed E-state index contributed by atoms with van der Waals surface area (Å²) in [5, 5.41) is 0. The topological polar surface area (TPSA) is 0 Å². The third-order valence-corrected chi connectivity index (χ3v) is 11.5. The van der Waals surface area contributed by atoms with Crippen LogP contribution < -0.4 is 0 Å². The minimum absolute atomic E-state index is 1.28. The van der Waals surface area contributed by atoms with Gasteiger partial charge in [0.25, 0.3) is 0 Å². The van der Waals surface area contributed by atoms with Crippen molar-refractivity contribution in [3.63, 3.8) is 0 Å². The summed E-state index contributed by atoms with van der Waals surface area (Å²) in [7, 11) is 0. The maximum atomic E-state index is 2.41. The second-order valence-corrected chi connectivity index (χ2v) is 14.9. The van der Waals surface area contributed by atoms with Crippen LogP contribution in [0.5, 0.6) is 0 Å². The number of hydrogen-bond acceptors (Lipinski definition) is 3. The van der Waals surface area contributed by atoms with Gasteiger partial charge in [0, 0.05) is 14.7 Å². The van der Waals surface area contributed by atoms with E-state index in [0.29, 0.717) is 0 Å². The van der Waals surface area contributed by atoms with Crippen molar-refractivity contribution >= 4 is 35.3 Å². The van der Waals surface area contributed by atoms with Gasteiger partial charge in [0.2, 0.25) is 0 Å². The second kappa shape index (κ2) is 29.8. The Morgan fingerprint density at radius 1 is 0.359 bits per heavy atom. The fourth-order valence-corrected chi connectivity index (χ4v) is 8.82. The molecule has 0 aliphatic carbocycles. The Hall–Kier alpha value is 0.270. The van der Waals surface area contributed by atoms with Crippen molar-refractivity contribution in [2.24, 2.45) is 0 Å². The largest absolute Gasteiger partial charge is 0.125 e. The summed E-state index contributed by atoms with van der Waals surface area (Å²) in [6, 6.07) is 7.14. The summed E-state index contributed by atoms with van der Waals surface area (Å²) in [6.07, 6.45) is 33.9. The summed E-state index contributed by atoms with van der Waals surface area (Å²) in [6.45, 7) is 6.93. The molecule has 228 valence electrons. The normalized spacial score (nSPS) is 11.5. The molecule has 0 spiro atoms. The smallest absolute Gasteiger partial charge is 0.0344 e. The van der Waals surface area contributed by atoms with Gasteiger partial charge in [-0.25, -0.2) is 0 Å². The molecule has 1 aromatic carbocycles. The van der Waals surface area contributed by atoms with E-state index in [0.717, 1.165) is 0 Å². The first kappa shape index (κ1) is 37.3. The van der Waals surface area contributed by atoms with Crippen molar-refractivity contribution in [1.29, 1.82) is 0 Å². The molecule has 0 nitrogen and oxygen atoms in total. The van der Waals surface area contributed by atoms with Crippen LogP contribution in [-0.2, 0) is 0 Å². The number of thioether (sulfide) groups is 3. The lowest BCUT2D eigenvalue weighted by molar-refractivity contribution is 0.586. The molecule has 1 rings (SSSR count). The third kappa shape index (κ3) is 22.5. The Balaban J connectivity index is 2.44. The summed E-state index contributed by atoms with van der Waals surface area (Å²) >= 11 is 6.43. The molecule has 0 atom stereocenters. The van der Waals surface area contributed by atoms with E-state index in [1.807, 2.05) is 0 Å². The highest BCUT2D eigenvalue weighted by Crippen LogP contribution is 2.40. The molecule has 0 radical (unpaired) electrons. The molecular formula is C36H66S3. The van der Waals surface area contributed by atoms with E-state index >= 15 is 0 Å². The molecule has 3 heteroatoms. The van der Waals surface area contributed by atoms with E-state index in [1.165, 1.54) is 171 Å². The monoisotopic (exact) mass is 594 g/mol.